The molecule has 1 fully saturated rings. The molecule has 5 heteroatoms. The van der Waals surface area contributed by atoms with Crippen LogP contribution in [0.4, 0.5) is 0 Å². The topological polar surface area (TPSA) is 33.1 Å². The maximum absolute atomic E-state index is 6.37. The van der Waals surface area contributed by atoms with E-state index in [9.17, 15) is 0 Å². The van der Waals surface area contributed by atoms with Crippen LogP contribution in [0, 0.1) is 0 Å². The number of nitrogens with zero attached hydrogens (tertiary/aromatic N) is 3. The van der Waals surface area contributed by atoms with Crippen molar-refractivity contribution in [2.75, 3.05) is 19.6 Å². The third-order valence-electron chi connectivity index (χ3n) is 3.49. The minimum Gasteiger partial charge on any atom is -0.314 e. The third-order valence-corrected chi connectivity index (χ3v) is 3.93. The summed E-state index contributed by atoms with van der Waals surface area (Å²) < 4.78 is 1.93. The average molecular weight is 257 g/mol. The molecule has 1 N–H and O–H groups in total. The molecule has 0 spiro atoms. The SMILES string of the molecule is CCc1nn(C)c(CN2CCNC[C@H]2C)c1Cl. The van der Waals surface area contributed by atoms with E-state index in [1.807, 2.05) is 11.7 Å². The number of nitrogens with one attached hydrogen (secondary N) is 1. The molecule has 0 bridgehead atoms. The van der Waals surface area contributed by atoms with E-state index in [4.69, 9.17) is 11.6 Å². The zero-order valence-electron chi connectivity index (χ0n) is 10.8. The summed E-state index contributed by atoms with van der Waals surface area (Å²) in [5.74, 6) is 0. The first-order valence-corrected chi connectivity index (χ1v) is 6.66. The van der Waals surface area contributed by atoms with Crippen molar-refractivity contribution in [1.82, 2.24) is 20.0 Å². The van der Waals surface area contributed by atoms with Crippen molar-refractivity contribution < 1.29 is 0 Å². The standard InChI is InChI=1S/C12H21ClN4/c1-4-10-12(13)11(16(3)15-10)8-17-6-5-14-7-9(17)2/h9,14H,4-8H2,1-3H3/t9-/m1/s1. The van der Waals surface area contributed by atoms with Crippen LogP contribution in [0.3, 0.4) is 0 Å². The zero-order valence-corrected chi connectivity index (χ0v) is 11.6. The van der Waals surface area contributed by atoms with E-state index in [1.54, 1.807) is 0 Å². The highest BCUT2D eigenvalue weighted by Gasteiger charge is 2.21. The Labute approximate surface area is 108 Å². The molecule has 1 aromatic rings. The van der Waals surface area contributed by atoms with E-state index in [2.05, 4.69) is 29.2 Å². The number of hydrogen-bond acceptors (Lipinski definition) is 3. The van der Waals surface area contributed by atoms with Crippen LogP contribution in [0.2, 0.25) is 5.02 Å². The van der Waals surface area contributed by atoms with Gasteiger partial charge in [0.2, 0.25) is 0 Å². The van der Waals surface area contributed by atoms with Gasteiger partial charge in [-0.3, -0.25) is 9.58 Å². The van der Waals surface area contributed by atoms with Gasteiger partial charge < -0.3 is 5.32 Å². The van der Waals surface area contributed by atoms with Gasteiger partial charge in [-0.15, -0.1) is 0 Å². The molecule has 1 aliphatic rings. The molecule has 0 aliphatic carbocycles. The lowest BCUT2D eigenvalue weighted by Crippen LogP contribution is -2.49. The van der Waals surface area contributed by atoms with Crippen molar-refractivity contribution in [2.45, 2.75) is 32.9 Å². The molecule has 1 atom stereocenters. The molecule has 96 valence electrons. The normalized spacial score (nSPS) is 22.0. The first-order valence-electron chi connectivity index (χ1n) is 6.28. The maximum Gasteiger partial charge on any atom is 0.0863 e. The molecule has 0 radical (unpaired) electrons. The Kier molecular flexibility index (Phi) is 4.07. The molecule has 1 aliphatic heterocycles. The van der Waals surface area contributed by atoms with Crippen LogP contribution in [0.5, 0.6) is 0 Å². The second-order valence-electron chi connectivity index (χ2n) is 4.71. The van der Waals surface area contributed by atoms with E-state index in [0.29, 0.717) is 6.04 Å². The molecular formula is C12H21ClN4. The van der Waals surface area contributed by atoms with Gasteiger partial charge in [0.05, 0.1) is 16.4 Å². The lowest BCUT2D eigenvalue weighted by molar-refractivity contribution is 0.162. The Morgan fingerprint density at radius 1 is 1.53 bits per heavy atom. The summed E-state index contributed by atoms with van der Waals surface area (Å²) in [4.78, 5) is 2.46. The third kappa shape index (κ3) is 2.64. The number of aryl methyl sites for hydroxylation is 2. The molecule has 4 nitrogen and oxygen atoms in total. The van der Waals surface area contributed by atoms with Gasteiger partial charge in [-0.1, -0.05) is 18.5 Å². The van der Waals surface area contributed by atoms with E-state index < -0.39 is 0 Å². The van der Waals surface area contributed by atoms with Crippen molar-refractivity contribution in [3.8, 4) is 0 Å². The van der Waals surface area contributed by atoms with Gasteiger partial charge in [0.15, 0.2) is 0 Å². The van der Waals surface area contributed by atoms with E-state index >= 15 is 0 Å². The highest BCUT2D eigenvalue weighted by Crippen LogP contribution is 2.23. The van der Waals surface area contributed by atoms with E-state index in [-0.39, 0.29) is 0 Å². The smallest absolute Gasteiger partial charge is 0.0863 e. The summed E-state index contributed by atoms with van der Waals surface area (Å²) in [6.07, 6.45) is 0.893. The zero-order chi connectivity index (χ0) is 12.4. The number of hydrogen-bond donors (Lipinski definition) is 1. The van der Waals surface area contributed by atoms with Crippen LogP contribution in [0.1, 0.15) is 25.2 Å². The monoisotopic (exact) mass is 256 g/mol. The summed E-state index contributed by atoms with van der Waals surface area (Å²) >= 11 is 6.37. The molecule has 1 saturated heterocycles. The van der Waals surface area contributed by atoms with Gasteiger partial charge in [0, 0.05) is 39.3 Å². The van der Waals surface area contributed by atoms with Crippen molar-refractivity contribution in [1.29, 1.82) is 0 Å². The lowest BCUT2D eigenvalue weighted by atomic mass is 10.2. The minimum absolute atomic E-state index is 0.555. The van der Waals surface area contributed by atoms with Crippen molar-refractivity contribution in [3.05, 3.63) is 16.4 Å². The first-order chi connectivity index (χ1) is 8.13. The first kappa shape index (κ1) is 12.9. The predicted octanol–water partition coefficient (Wildman–Crippen LogP) is 1.43. The summed E-state index contributed by atoms with van der Waals surface area (Å²) in [6, 6.07) is 0.555. The fourth-order valence-electron chi connectivity index (χ4n) is 2.30. The van der Waals surface area contributed by atoms with Gasteiger partial charge in [-0.25, -0.2) is 0 Å². The number of piperazine rings is 1. The molecule has 0 unspecified atom stereocenters. The van der Waals surface area contributed by atoms with Crippen LogP contribution >= 0.6 is 11.6 Å². The van der Waals surface area contributed by atoms with E-state index in [0.717, 1.165) is 49.0 Å². The molecule has 1 aromatic heterocycles. The summed E-state index contributed by atoms with van der Waals surface area (Å²) in [7, 11) is 1.98. The van der Waals surface area contributed by atoms with Gasteiger partial charge in [0.25, 0.3) is 0 Å². The van der Waals surface area contributed by atoms with Crippen LogP contribution in [-0.2, 0) is 20.0 Å². The van der Waals surface area contributed by atoms with Gasteiger partial charge in [-0.05, 0) is 13.3 Å². The largest absolute Gasteiger partial charge is 0.314 e. The Bertz CT molecular complexity index is 388. The highest BCUT2D eigenvalue weighted by molar-refractivity contribution is 6.31. The average Bonchev–Trinajstić information content (AvgIpc) is 2.59. The van der Waals surface area contributed by atoms with Crippen LogP contribution in [0.15, 0.2) is 0 Å². The summed E-state index contributed by atoms with van der Waals surface area (Å²) in [5.41, 5.74) is 2.14. The number of aromatic nitrogens is 2. The highest BCUT2D eigenvalue weighted by atomic mass is 35.5. The van der Waals surface area contributed by atoms with Gasteiger partial charge in [-0.2, -0.15) is 5.10 Å². The Morgan fingerprint density at radius 2 is 2.29 bits per heavy atom. The van der Waals surface area contributed by atoms with Crippen molar-refractivity contribution in [2.24, 2.45) is 7.05 Å². The van der Waals surface area contributed by atoms with Gasteiger partial charge >= 0.3 is 0 Å². The molecule has 0 amide bonds. The predicted molar refractivity (Wildman–Crippen MR) is 70.3 cm³/mol. The maximum atomic E-state index is 6.37. The fraction of sp³-hybridized carbons (Fsp3) is 0.750. The summed E-state index contributed by atoms with van der Waals surface area (Å²) in [6.45, 7) is 8.41. The Balaban J connectivity index is 2.14. The van der Waals surface area contributed by atoms with Crippen LogP contribution in [0.25, 0.3) is 0 Å². The molecule has 2 heterocycles. The van der Waals surface area contributed by atoms with Crippen LogP contribution < -0.4 is 5.32 Å². The molecule has 2 rings (SSSR count). The quantitative estimate of drug-likeness (QED) is 0.888. The summed E-state index contributed by atoms with van der Waals surface area (Å²) in [5, 5.41) is 8.71. The number of halogens is 1. The number of rotatable bonds is 3. The second-order valence-corrected chi connectivity index (χ2v) is 5.09. The molecule has 17 heavy (non-hydrogen) atoms. The second kappa shape index (κ2) is 5.38. The van der Waals surface area contributed by atoms with Gasteiger partial charge in [0.1, 0.15) is 0 Å². The van der Waals surface area contributed by atoms with Crippen LogP contribution in [-0.4, -0.2) is 40.4 Å². The molecule has 0 aromatic carbocycles. The minimum atomic E-state index is 0.555. The van der Waals surface area contributed by atoms with Crippen molar-refractivity contribution >= 4 is 11.6 Å². The Hall–Kier alpha value is -0.580. The molecule has 0 saturated carbocycles. The van der Waals surface area contributed by atoms with E-state index in [1.165, 1.54) is 0 Å². The fourth-order valence-corrected chi connectivity index (χ4v) is 2.66. The molecular weight excluding hydrogens is 236 g/mol. The van der Waals surface area contributed by atoms with Crippen molar-refractivity contribution in [3.63, 3.8) is 0 Å². The lowest BCUT2D eigenvalue weighted by Gasteiger charge is -2.33. The Morgan fingerprint density at radius 3 is 2.88 bits per heavy atom.